The third-order valence-electron chi connectivity index (χ3n) is 1.69. The quantitative estimate of drug-likeness (QED) is 0.742. The van der Waals surface area contributed by atoms with Gasteiger partial charge in [0.1, 0.15) is 0 Å². The Morgan fingerprint density at radius 1 is 1.21 bits per heavy atom. The van der Waals surface area contributed by atoms with Crippen LogP contribution in [0.25, 0.3) is 5.83 Å². The number of aliphatic carboxylic acids is 1. The molecule has 0 atom stereocenters. The third kappa shape index (κ3) is 2.16. The standard InChI is InChI=1S/C10H8F2O2/c1-6-2-4-7(5-3-6)8(11)9(12)10(13)14/h2-5H,1H3,(H,13,14)/b9-8+. The first-order valence-electron chi connectivity index (χ1n) is 3.88. The van der Waals surface area contributed by atoms with Crippen molar-refractivity contribution in [2.45, 2.75) is 6.92 Å². The van der Waals surface area contributed by atoms with E-state index in [2.05, 4.69) is 0 Å². The number of hydrogen-bond acceptors (Lipinski definition) is 1. The number of rotatable bonds is 2. The van der Waals surface area contributed by atoms with Crippen LogP contribution in [-0.2, 0) is 4.79 Å². The van der Waals surface area contributed by atoms with Gasteiger partial charge in [-0.1, -0.05) is 29.8 Å². The van der Waals surface area contributed by atoms with Crippen LogP contribution in [0.3, 0.4) is 0 Å². The van der Waals surface area contributed by atoms with Crippen LogP contribution in [0, 0.1) is 6.92 Å². The van der Waals surface area contributed by atoms with Gasteiger partial charge >= 0.3 is 5.97 Å². The Morgan fingerprint density at radius 3 is 2.14 bits per heavy atom. The summed E-state index contributed by atoms with van der Waals surface area (Å²) in [5.41, 5.74) is 0.813. The van der Waals surface area contributed by atoms with Gasteiger partial charge in [-0.2, -0.15) is 4.39 Å². The van der Waals surface area contributed by atoms with Gasteiger partial charge in [0.25, 0.3) is 0 Å². The Balaban J connectivity index is 3.12. The van der Waals surface area contributed by atoms with E-state index in [1.165, 1.54) is 12.1 Å². The molecule has 0 unspecified atom stereocenters. The van der Waals surface area contributed by atoms with E-state index in [0.717, 1.165) is 5.56 Å². The van der Waals surface area contributed by atoms with Gasteiger partial charge in [0.05, 0.1) is 0 Å². The molecule has 1 aromatic rings. The molecule has 0 saturated heterocycles. The summed E-state index contributed by atoms with van der Waals surface area (Å²) >= 11 is 0. The fourth-order valence-electron chi connectivity index (χ4n) is 0.920. The molecule has 1 rings (SSSR count). The van der Waals surface area contributed by atoms with Crippen molar-refractivity contribution in [2.24, 2.45) is 0 Å². The van der Waals surface area contributed by atoms with Crippen LogP contribution in [0.2, 0.25) is 0 Å². The minimum Gasteiger partial charge on any atom is -0.476 e. The molecule has 0 fully saturated rings. The minimum absolute atomic E-state index is 0.0736. The Hall–Kier alpha value is -1.71. The molecule has 74 valence electrons. The monoisotopic (exact) mass is 198 g/mol. The molecule has 0 aliphatic rings. The van der Waals surface area contributed by atoms with Crippen molar-refractivity contribution in [1.82, 2.24) is 0 Å². The van der Waals surface area contributed by atoms with Crippen LogP contribution in [0.5, 0.6) is 0 Å². The highest BCUT2D eigenvalue weighted by molar-refractivity contribution is 5.92. The average molecular weight is 198 g/mol. The average Bonchev–Trinajstić information content (AvgIpc) is 2.16. The molecule has 0 aromatic heterocycles. The van der Waals surface area contributed by atoms with Gasteiger partial charge in [-0.15, -0.1) is 0 Å². The summed E-state index contributed by atoms with van der Waals surface area (Å²) in [4.78, 5) is 10.1. The number of hydrogen-bond donors (Lipinski definition) is 1. The van der Waals surface area contributed by atoms with Crippen LogP contribution in [0.15, 0.2) is 30.1 Å². The molecule has 0 spiro atoms. The lowest BCUT2D eigenvalue weighted by Crippen LogP contribution is -1.97. The predicted octanol–water partition coefficient (Wildman–Crippen LogP) is 2.69. The van der Waals surface area contributed by atoms with Gasteiger partial charge in [-0.3, -0.25) is 0 Å². The van der Waals surface area contributed by atoms with Crippen LogP contribution in [0.4, 0.5) is 8.78 Å². The van der Waals surface area contributed by atoms with E-state index in [-0.39, 0.29) is 5.56 Å². The van der Waals surface area contributed by atoms with E-state index >= 15 is 0 Å². The van der Waals surface area contributed by atoms with Crippen molar-refractivity contribution < 1.29 is 18.7 Å². The first kappa shape index (κ1) is 10.4. The van der Waals surface area contributed by atoms with E-state index < -0.39 is 17.6 Å². The van der Waals surface area contributed by atoms with Gasteiger partial charge < -0.3 is 5.11 Å². The van der Waals surface area contributed by atoms with Crippen molar-refractivity contribution in [1.29, 1.82) is 0 Å². The van der Waals surface area contributed by atoms with Crippen molar-refractivity contribution in [2.75, 3.05) is 0 Å². The fourth-order valence-corrected chi connectivity index (χ4v) is 0.920. The van der Waals surface area contributed by atoms with Gasteiger partial charge in [0.2, 0.25) is 5.83 Å². The van der Waals surface area contributed by atoms with Gasteiger partial charge in [-0.05, 0) is 6.92 Å². The zero-order valence-corrected chi connectivity index (χ0v) is 7.42. The molecule has 4 heteroatoms. The zero-order chi connectivity index (χ0) is 10.7. The molecule has 0 heterocycles. The molecule has 1 aromatic carbocycles. The van der Waals surface area contributed by atoms with Crippen molar-refractivity contribution in [3.8, 4) is 0 Å². The normalized spacial score (nSPS) is 12.2. The molecule has 0 aliphatic heterocycles. The summed E-state index contributed by atoms with van der Waals surface area (Å²) in [6.07, 6.45) is 0. The van der Waals surface area contributed by atoms with Crippen molar-refractivity contribution in [3.63, 3.8) is 0 Å². The first-order valence-corrected chi connectivity index (χ1v) is 3.88. The number of carbonyl (C=O) groups is 1. The van der Waals surface area contributed by atoms with Crippen molar-refractivity contribution >= 4 is 11.8 Å². The number of aryl methyl sites for hydroxylation is 1. The molecule has 1 N–H and O–H groups in total. The molecular formula is C10H8F2O2. The van der Waals surface area contributed by atoms with E-state index in [1.54, 1.807) is 19.1 Å². The zero-order valence-electron chi connectivity index (χ0n) is 7.42. The molecule has 2 nitrogen and oxygen atoms in total. The Morgan fingerprint density at radius 2 is 1.71 bits per heavy atom. The molecule has 14 heavy (non-hydrogen) atoms. The maximum absolute atomic E-state index is 13.0. The topological polar surface area (TPSA) is 37.3 Å². The number of carboxylic acids is 1. The van der Waals surface area contributed by atoms with E-state index in [0.29, 0.717) is 0 Å². The summed E-state index contributed by atoms with van der Waals surface area (Å²) in [5, 5.41) is 8.20. The summed E-state index contributed by atoms with van der Waals surface area (Å²) in [7, 11) is 0. The lowest BCUT2D eigenvalue weighted by atomic mass is 10.1. The molecule has 0 radical (unpaired) electrons. The maximum atomic E-state index is 13.0. The summed E-state index contributed by atoms with van der Waals surface area (Å²) in [5.74, 6) is -5.02. The predicted molar refractivity (Wildman–Crippen MR) is 48.0 cm³/mol. The second-order valence-corrected chi connectivity index (χ2v) is 2.80. The van der Waals surface area contributed by atoms with E-state index in [4.69, 9.17) is 5.11 Å². The van der Waals surface area contributed by atoms with E-state index in [9.17, 15) is 13.6 Å². The highest BCUT2D eigenvalue weighted by atomic mass is 19.2. The molecule has 0 bridgehead atoms. The van der Waals surface area contributed by atoms with Crippen LogP contribution >= 0.6 is 0 Å². The Bertz CT molecular complexity index is 380. The number of benzene rings is 1. The molecule has 0 saturated carbocycles. The second-order valence-electron chi connectivity index (χ2n) is 2.80. The molecule has 0 aliphatic carbocycles. The third-order valence-corrected chi connectivity index (χ3v) is 1.69. The lowest BCUT2D eigenvalue weighted by Gasteiger charge is -1.98. The first-order chi connectivity index (χ1) is 6.52. The molecule has 0 amide bonds. The summed E-state index contributed by atoms with van der Waals surface area (Å²) in [6, 6.07) is 5.80. The Kier molecular flexibility index (Phi) is 2.96. The van der Waals surface area contributed by atoms with Crippen molar-refractivity contribution in [3.05, 3.63) is 41.2 Å². The van der Waals surface area contributed by atoms with Gasteiger partial charge in [0, 0.05) is 5.56 Å². The minimum atomic E-state index is -1.90. The second kappa shape index (κ2) is 4.00. The largest absolute Gasteiger partial charge is 0.476 e. The Labute approximate surface area is 79.5 Å². The fraction of sp³-hybridized carbons (Fsp3) is 0.100. The van der Waals surface area contributed by atoms with Crippen LogP contribution < -0.4 is 0 Å². The highest BCUT2D eigenvalue weighted by Gasteiger charge is 2.15. The van der Waals surface area contributed by atoms with Gasteiger partial charge in [-0.25, -0.2) is 9.18 Å². The van der Waals surface area contributed by atoms with E-state index in [1.807, 2.05) is 0 Å². The lowest BCUT2D eigenvalue weighted by molar-refractivity contribution is -0.134. The highest BCUT2D eigenvalue weighted by Crippen LogP contribution is 2.21. The maximum Gasteiger partial charge on any atom is 0.367 e. The van der Waals surface area contributed by atoms with Gasteiger partial charge in [0.15, 0.2) is 5.83 Å². The number of carboxylic acid groups (broad SMARTS) is 1. The number of halogens is 2. The SMILES string of the molecule is Cc1ccc(/C(F)=C(\F)C(=O)O)cc1. The summed E-state index contributed by atoms with van der Waals surface area (Å²) in [6.45, 7) is 1.79. The summed E-state index contributed by atoms with van der Waals surface area (Å²) < 4.78 is 25.6. The molecular weight excluding hydrogens is 190 g/mol. The smallest absolute Gasteiger partial charge is 0.367 e. The van der Waals surface area contributed by atoms with Crippen LogP contribution in [-0.4, -0.2) is 11.1 Å². The van der Waals surface area contributed by atoms with Crippen LogP contribution in [0.1, 0.15) is 11.1 Å².